The van der Waals surface area contributed by atoms with E-state index in [0.717, 1.165) is 12.3 Å². The summed E-state index contributed by atoms with van der Waals surface area (Å²) in [5.74, 6) is 0.233. The second kappa shape index (κ2) is 8.65. The van der Waals surface area contributed by atoms with Gasteiger partial charge in [-0.25, -0.2) is 0 Å². The molecule has 116 valence electrons. The summed E-state index contributed by atoms with van der Waals surface area (Å²) in [5.41, 5.74) is 7.53. The number of hydrogen-bond donors (Lipinski definition) is 0. The molecule has 0 radical (unpaired) electrons. The van der Waals surface area contributed by atoms with Gasteiger partial charge in [-0.05, 0) is 24.7 Å². The Hall–Kier alpha value is -2.58. The maximum Gasteiger partial charge on any atom is 0.323 e. The van der Waals surface area contributed by atoms with Gasteiger partial charge >= 0.3 is 6.21 Å². The van der Waals surface area contributed by atoms with E-state index < -0.39 is 9.85 Å². The van der Waals surface area contributed by atoms with Crippen LogP contribution in [0, 0.1) is 20.2 Å². The first-order chi connectivity index (χ1) is 10.5. The summed E-state index contributed by atoms with van der Waals surface area (Å²) in [4.78, 5) is 34.2. The third-order valence-corrected chi connectivity index (χ3v) is 3.78. The predicted octanol–water partition coefficient (Wildman–Crippen LogP) is 2.64. The van der Waals surface area contributed by atoms with Crippen LogP contribution >= 0.6 is 11.8 Å². The monoisotopic (exact) mass is 324 g/mol. The highest BCUT2D eigenvalue weighted by molar-refractivity contribution is 7.99. The van der Waals surface area contributed by atoms with Crippen molar-refractivity contribution in [3.05, 3.63) is 44.0 Å². The van der Waals surface area contributed by atoms with Gasteiger partial charge in [0.2, 0.25) is 5.78 Å². The van der Waals surface area contributed by atoms with Gasteiger partial charge in [0, 0.05) is 12.5 Å². The molecule has 0 saturated carbocycles. The van der Waals surface area contributed by atoms with Crippen molar-refractivity contribution < 1.29 is 19.4 Å². The van der Waals surface area contributed by atoms with Crippen molar-refractivity contribution in [2.75, 3.05) is 5.75 Å². The molecule has 0 atom stereocenters. The number of nitrogens with zero attached hydrogens (tertiary/aromatic N) is 4. The van der Waals surface area contributed by atoms with Crippen molar-refractivity contribution in [3.8, 4) is 0 Å². The van der Waals surface area contributed by atoms with Crippen molar-refractivity contribution in [1.29, 1.82) is 0 Å². The van der Waals surface area contributed by atoms with E-state index in [4.69, 9.17) is 5.53 Å². The Morgan fingerprint density at radius 3 is 2.59 bits per heavy atom. The molecule has 0 heterocycles. The molecule has 0 unspecified atom stereocenters. The van der Waals surface area contributed by atoms with Crippen molar-refractivity contribution >= 4 is 35.1 Å². The highest BCUT2D eigenvalue weighted by Crippen LogP contribution is 2.32. The van der Waals surface area contributed by atoms with E-state index in [-0.39, 0.29) is 23.6 Å². The van der Waals surface area contributed by atoms with Crippen LogP contribution in [0.1, 0.15) is 19.3 Å². The number of rotatable bonds is 9. The van der Waals surface area contributed by atoms with Crippen LogP contribution in [-0.4, -0.2) is 32.4 Å². The number of carbonyl (C=O) groups is 1. The third kappa shape index (κ3) is 5.43. The van der Waals surface area contributed by atoms with Gasteiger partial charge in [0.05, 0.1) is 20.8 Å². The van der Waals surface area contributed by atoms with Gasteiger partial charge in [-0.3, -0.25) is 25.0 Å². The van der Waals surface area contributed by atoms with Crippen LogP contribution in [0.15, 0.2) is 23.1 Å². The number of Topliss-reactive ketones (excluding diaryl/α,β-unsaturated/α-hetero) is 1. The van der Waals surface area contributed by atoms with Gasteiger partial charge in [0.1, 0.15) is 0 Å². The first-order valence-electron chi connectivity index (χ1n) is 6.21. The smallest absolute Gasteiger partial charge is 0.323 e. The number of thioether (sulfide) groups is 1. The Kier molecular flexibility index (Phi) is 6.87. The molecular weight excluding hydrogens is 312 g/mol. The van der Waals surface area contributed by atoms with Gasteiger partial charge in [0.25, 0.3) is 11.4 Å². The Morgan fingerprint density at radius 2 is 2.00 bits per heavy atom. The van der Waals surface area contributed by atoms with Crippen molar-refractivity contribution in [3.63, 3.8) is 0 Å². The molecule has 10 heteroatoms. The molecule has 22 heavy (non-hydrogen) atoms. The summed E-state index contributed by atoms with van der Waals surface area (Å²) in [7, 11) is 0. The summed E-state index contributed by atoms with van der Waals surface area (Å²) in [5, 5.41) is 21.6. The van der Waals surface area contributed by atoms with Crippen LogP contribution in [-0.2, 0) is 4.79 Å². The summed E-state index contributed by atoms with van der Waals surface area (Å²) in [6.07, 6.45) is 2.24. The fourth-order valence-electron chi connectivity index (χ4n) is 1.60. The molecule has 0 spiro atoms. The molecule has 1 rings (SSSR count). The topological polar surface area (TPSA) is 140 Å². The second-order valence-corrected chi connectivity index (χ2v) is 5.32. The molecule has 0 aliphatic heterocycles. The number of nitro benzene ring substituents is 2. The molecule has 0 aliphatic carbocycles. The van der Waals surface area contributed by atoms with Crippen LogP contribution in [0.3, 0.4) is 0 Å². The Labute approximate surface area is 129 Å². The number of unbranched alkanes of at least 4 members (excludes halogenated alkanes) is 1. The van der Waals surface area contributed by atoms with Gasteiger partial charge in [-0.2, -0.15) is 4.79 Å². The van der Waals surface area contributed by atoms with E-state index in [1.54, 1.807) is 0 Å². The fourth-order valence-corrected chi connectivity index (χ4v) is 2.61. The number of nitro groups is 2. The lowest BCUT2D eigenvalue weighted by Crippen LogP contribution is -1.99. The summed E-state index contributed by atoms with van der Waals surface area (Å²) in [6.45, 7) is 0. The number of ketones is 1. The minimum atomic E-state index is -0.685. The lowest BCUT2D eigenvalue weighted by molar-refractivity contribution is -0.396. The summed E-state index contributed by atoms with van der Waals surface area (Å²) in [6, 6.07) is 3.50. The quantitative estimate of drug-likeness (QED) is 0.130. The van der Waals surface area contributed by atoms with Crippen molar-refractivity contribution in [1.82, 2.24) is 0 Å². The minimum absolute atomic E-state index is 0.229. The Balaban J connectivity index is 2.58. The lowest BCUT2D eigenvalue weighted by atomic mass is 10.2. The first kappa shape index (κ1) is 17.5. The van der Waals surface area contributed by atoms with E-state index in [1.165, 1.54) is 23.9 Å². The maximum atomic E-state index is 11.1. The normalized spacial score (nSPS) is 9.82. The summed E-state index contributed by atoms with van der Waals surface area (Å²) >= 11 is 1.20. The maximum absolute atomic E-state index is 11.1. The van der Waals surface area contributed by atoms with Crippen LogP contribution < -0.4 is 0 Å². The molecule has 9 nitrogen and oxygen atoms in total. The highest BCUT2D eigenvalue weighted by atomic mass is 32.2. The molecule has 0 amide bonds. The van der Waals surface area contributed by atoms with Crippen LogP contribution in [0.2, 0.25) is 0 Å². The largest absolute Gasteiger partial charge is 0.361 e. The number of non-ortho nitro benzene ring substituents is 1. The number of carbonyl (C=O) groups excluding carboxylic acids is 1. The zero-order chi connectivity index (χ0) is 16.5. The standard InChI is InChI=1S/C12H12N4O5S/c13-14-8-10(17)3-1-2-6-22-12-5-4-9(15(18)19)7-11(12)16(20)21/h4-5,7-8H,1-3,6H2. The molecular formula is C12H12N4O5S. The minimum Gasteiger partial charge on any atom is -0.361 e. The van der Waals surface area contributed by atoms with Crippen LogP contribution in [0.5, 0.6) is 0 Å². The van der Waals surface area contributed by atoms with E-state index >= 15 is 0 Å². The fraction of sp³-hybridized carbons (Fsp3) is 0.333. The molecule has 1 aromatic carbocycles. The zero-order valence-corrected chi connectivity index (χ0v) is 12.2. The molecule has 0 aromatic heterocycles. The average molecular weight is 324 g/mol. The molecule has 0 aliphatic rings. The number of benzene rings is 1. The zero-order valence-electron chi connectivity index (χ0n) is 11.4. The van der Waals surface area contributed by atoms with E-state index in [0.29, 0.717) is 23.5 Å². The molecule has 0 bridgehead atoms. The molecule has 0 saturated heterocycles. The van der Waals surface area contributed by atoms with Crippen LogP contribution in [0.4, 0.5) is 11.4 Å². The number of hydrogen-bond acceptors (Lipinski definition) is 6. The van der Waals surface area contributed by atoms with Gasteiger partial charge < -0.3 is 5.53 Å². The second-order valence-electron chi connectivity index (χ2n) is 4.18. The van der Waals surface area contributed by atoms with E-state index in [1.807, 2.05) is 0 Å². The van der Waals surface area contributed by atoms with Gasteiger partial charge in [0.15, 0.2) is 0 Å². The van der Waals surface area contributed by atoms with E-state index in [9.17, 15) is 25.0 Å². The first-order valence-corrected chi connectivity index (χ1v) is 7.20. The van der Waals surface area contributed by atoms with Crippen molar-refractivity contribution in [2.45, 2.75) is 24.2 Å². The SMILES string of the molecule is [N-]=[N+]=CC(=O)CCCCSc1ccc([N+](=O)[O-])cc1[N+](=O)[O-]. The predicted molar refractivity (Wildman–Crippen MR) is 79.0 cm³/mol. The average Bonchev–Trinajstić information content (AvgIpc) is 2.46. The highest BCUT2D eigenvalue weighted by Gasteiger charge is 2.19. The molecule has 0 N–H and O–H groups in total. The Morgan fingerprint density at radius 1 is 1.27 bits per heavy atom. The van der Waals surface area contributed by atoms with Gasteiger partial charge in [-0.15, -0.1) is 11.8 Å². The summed E-state index contributed by atoms with van der Waals surface area (Å²) < 4.78 is 0. The lowest BCUT2D eigenvalue weighted by Gasteiger charge is -2.02. The molecule has 0 fully saturated rings. The Bertz CT molecular complexity index is 642. The van der Waals surface area contributed by atoms with Gasteiger partial charge in [-0.1, -0.05) is 0 Å². The van der Waals surface area contributed by atoms with Crippen molar-refractivity contribution in [2.24, 2.45) is 0 Å². The van der Waals surface area contributed by atoms with Crippen LogP contribution in [0.25, 0.3) is 5.53 Å². The van der Waals surface area contributed by atoms with E-state index in [2.05, 4.69) is 4.79 Å². The molecule has 1 aromatic rings. The third-order valence-electron chi connectivity index (χ3n) is 2.63.